The maximum Gasteiger partial charge on any atom is 0.260 e. The fourth-order valence-corrected chi connectivity index (χ4v) is 4.90. The number of carbonyl (C=O) groups is 2. The highest BCUT2D eigenvalue weighted by molar-refractivity contribution is 7.07. The Bertz CT molecular complexity index is 841. The van der Waals surface area contributed by atoms with Crippen molar-refractivity contribution in [2.24, 2.45) is 0 Å². The van der Waals surface area contributed by atoms with Crippen LogP contribution >= 0.6 is 11.3 Å². The molecular formula is C24H33N3O3S. The summed E-state index contributed by atoms with van der Waals surface area (Å²) in [5, 5.41) is 7.17. The first-order chi connectivity index (χ1) is 14.9. The summed E-state index contributed by atoms with van der Waals surface area (Å²) in [7, 11) is 4.01. The molecule has 1 saturated heterocycles. The molecule has 0 spiro atoms. The number of benzene rings is 1. The monoisotopic (exact) mass is 443 g/mol. The molecule has 1 fully saturated rings. The van der Waals surface area contributed by atoms with E-state index in [1.165, 1.54) is 12.0 Å². The molecule has 31 heavy (non-hydrogen) atoms. The third kappa shape index (κ3) is 6.08. The lowest BCUT2D eigenvalue weighted by Crippen LogP contribution is -2.49. The fraction of sp³-hybridized carbons (Fsp3) is 0.500. The van der Waals surface area contributed by atoms with Gasteiger partial charge in [-0.3, -0.25) is 9.59 Å². The van der Waals surface area contributed by atoms with Gasteiger partial charge in [-0.2, -0.15) is 11.3 Å². The lowest BCUT2D eigenvalue weighted by Gasteiger charge is -2.38. The van der Waals surface area contributed by atoms with Crippen molar-refractivity contribution in [1.82, 2.24) is 15.1 Å². The standard InChI is InChI=1S/C24H33N3O3S/c1-17-6-5-7-18(2)27(17)23(28)15-30-21-10-8-19(9-11-21)24(29)25-14-22(26(3)4)20-12-13-31-16-20/h8-13,16-18,22H,5-7,14-15H2,1-4H3,(H,25,29). The lowest BCUT2D eigenvalue weighted by molar-refractivity contribution is -0.139. The van der Waals surface area contributed by atoms with Crippen molar-refractivity contribution in [2.45, 2.75) is 51.2 Å². The molecule has 1 aliphatic rings. The van der Waals surface area contributed by atoms with Crippen LogP contribution in [-0.4, -0.2) is 60.9 Å². The van der Waals surface area contributed by atoms with E-state index in [4.69, 9.17) is 4.74 Å². The van der Waals surface area contributed by atoms with E-state index in [1.807, 2.05) is 24.4 Å². The molecule has 1 aliphatic heterocycles. The smallest absolute Gasteiger partial charge is 0.260 e. The summed E-state index contributed by atoms with van der Waals surface area (Å²) in [6.07, 6.45) is 3.25. The Morgan fingerprint density at radius 1 is 1.16 bits per heavy atom. The second-order valence-electron chi connectivity index (χ2n) is 8.49. The molecule has 1 aromatic carbocycles. The van der Waals surface area contributed by atoms with Crippen molar-refractivity contribution in [2.75, 3.05) is 27.2 Å². The van der Waals surface area contributed by atoms with Crippen molar-refractivity contribution in [3.05, 3.63) is 52.2 Å². The Morgan fingerprint density at radius 3 is 2.42 bits per heavy atom. The zero-order valence-corrected chi connectivity index (χ0v) is 19.7. The molecule has 0 aliphatic carbocycles. The van der Waals surface area contributed by atoms with Crippen molar-refractivity contribution >= 4 is 23.2 Å². The van der Waals surface area contributed by atoms with E-state index in [-0.39, 0.29) is 36.5 Å². The molecular weight excluding hydrogens is 410 g/mol. The molecule has 7 heteroatoms. The fourth-order valence-electron chi connectivity index (χ4n) is 4.19. The molecule has 0 radical (unpaired) electrons. The van der Waals surface area contributed by atoms with Crippen LogP contribution in [0, 0.1) is 0 Å². The molecule has 2 aromatic rings. The minimum Gasteiger partial charge on any atom is -0.484 e. The number of ether oxygens (including phenoxy) is 1. The number of nitrogens with zero attached hydrogens (tertiary/aromatic N) is 2. The van der Waals surface area contributed by atoms with Gasteiger partial charge in [0.1, 0.15) is 5.75 Å². The molecule has 3 unspecified atom stereocenters. The van der Waals surface area contributed by atoms with E-state index in [0.717, 1.165) is 12.8 Å². The second-order valence-corrected chi connectivity index (χ2v) is 9.27. The van der Waals surface area contributed by atoms with Crippen LogP contribution in [0.1, 0.15) is 55.1 Å². The maximum atomic E-state index is 12.6. The molecule has 0 saturated carbocycles. The number of piperidine rings is 1. The maximum absolute atomic E-state index is 12.6. The van der Waals surface area contributed by atoms with Crippen molar-refractivity contribution in [3.8, 4) is 5.75 Å². The summed E-state index contributed by atoms with van der Waals surface area (Å²) in [5.74, 6) is 0.483. The Hall–Kier alpha value is -2.38. The van der Waals surface area contributed by atoms with E-state index in [0.29, 0.717) is 17.9 Å². The lowest BCUT2D eigenvalue weighted by atomic mass is 9.97. The van der Waals surface area contributed by atoms with Gasteiger partial charge in [0.15, 0.2) is 6.61 Å². The van der Waals surface area contributed by atoms with Crippen LogP contribution in [-0.2, 0) is 4.79 Å². The van der Waals surface area contributed by atoms with E-state index >= 15 is 0 Å². The number of carbonyl (C=O) groups excluding carboxylic acids is 2. The first kappa shape index (κ1) is 23.3. The summed E-state index contributed by atoms with van der Waals surface area (Å²) < 4.78 is 5.70. The molecule has 3 atom stereocenters. The van der Waals surface area contributed by atoms with Crippen LogP contribution in [0.3, 0.4) is 0 Å². The number of rotatable bonds is 8. The highest BCUT2D eigenvalue weighted by Gasteiger charge is 2.29. The van der Waals surface area contributed by atoms with Gasteiger partial charge in [0.2, 0.25) is 0 Å². The topological polar surface area (TPSA) is 61.9 Å². The van der Waals surface area contributed by atoms with Crippen LogP contribution in [0.15, 0.2) is 41.1 Å². The summed E-state index contributed by atoms with van der Waals surface area (Å²) >= 11 is 1.65. The molecule has 6 nitrogen and oxygen atoms in total. The van der Waals surface area contributed by atoms with Crippen molar-refractivity contribution in [3.63, 3.8) is 0 Å². The predicted octanol–water partition coefficient (Wildman–Crippen LogP) is 3.95. The molecule has 2 amide bonds. The average Bonchev–Trinajstić information content (AvgIpc) is 3.26. The van der Waals surface area contributed by atoms with Gasteiger partial charge in [0.25, 0.3) is 11.8 Å². The second kappa shape index (κ2) is 10.8. The van der Waals surface area contributed by atoms with Gasteiger partial charge >= 0.3 is 0 Å². The van der Waals surface area contributed by atoms with Gasteiger partial charge in [-0.1, -0.05) is 0 Å². The first-order valence-corrected chi connectivity index (χ1v) is 11.8. The van der Waals surface area contributed by atoms with Gasteiger partial charge in [-0.05, 0) is 93.9 Å². The number of thiophene rings is 1. The Labute approximate surface area is 189 Å². The van der Waals surface area contributed by atoms with Gasteiger partial charge in [0.05, 0.1) is 6.04 Å². The van der Waals surface area contributed by atoms with E-state index in [1.54, 1.807) is 35.6 Å². The Balaban J connectivity index is 1.51. The number of hydrogen-bond acceptors (Lipinski definition) is 5. The van der Waals surface area contributed by atoms with Crippen LogP contribution < -0.4 is 10.1 Å². The van der Waals surface area contributed by atoms with Gasteiger partial charge in [-0.15, -0.1) is 0 Å². The molecule has 3 rings (SSSR count). The number of amides is 2. The minimum atomic E-state index is -0.124. The number of likely N-dealkylation sites (tertiary alicyclic amines) is 1. The van der Waals surface area contributed by atoms with Crippen LogP contribution in [0.4, 0.5) is 0 Å². The average molecular weight is 444 g/mol. The van der Waals surface area contributed by atoms with Crippen molar-refractivity contribution in [1.29, 1.82) is 0 Å². The van der Waals surface area contributed by atoms with Crippen LogP contribution in [0.25, 0.3) is 0 Å². The van der Waals surface area contributed by atoms with Gasteiger partial charge in [0, 0.05) is 24.2 Å². The van der Waals surface area contributed by atoms with Crippen molar-refractivity contribution < 1.29 is 14.3 Å². The molecule has 0 bridgehead atoms. The van der Waals surface area contributed by atoms with E-state index < -0.39 is 0 Å². The normalized spacial score (nSPS) is 19.8. The summed E-state index contributed by atoms with van der Waals surface area (Å²) in [6, 6.07) is 9.68. The number of likely N-dealkylation sites (N-methyl/N-ethyl adjacent to an activating group) is 1. The summed E-state index contributed by atoms with van der Waals surface area (Å²) in [6.45, 7) is 4.74. The van der Waals surface area contributed by atoms with Gasteiger partial charge in [-0.25, -0.2) is 0 Å². The van der Waals surface area contributed by atoms with E-state index in [2.05, 4.69) is 35.5 Å². The summed E-state index contributed by atoms with van der Waals surface area (Å²) in [4.78, 5) is 29.2. The first-order valence-electron chi connectivity index (χ1n) is 10.9. The van der Waals surface area contributed by atoms with Crippen LogP contribution in [0.5, 0.6) is 5.75 Å². The minimum absolute atomic E-state index is 0.0182. The number of nitrogens with one attached hydrogen (secondary N) is 1. The Kier molecular flexibility index (Phi) is 8.09. The zero-order valence-electron chi connectivity index (χ0n) is 18.8. The third-order valence-electron chi connectivity index (χ3n) is 5.97. The molecule has 1 N–H and O–H groups in total. The van der Waals surface area contributed by atoms with E-state index in [9.17, 15) is 9.59 Å². The van der Waals surface area contributed by atoms with Crippen LogP contribution in [0.2, 0.25) is 0 Å². The highest BCUT2D eigenvalue weighted by atomic mass is 32.1. The number of hydrogen-bond donors (Lipinski definition) is 1. The molecule has 168 valence electrons. The van der Waals surface area contributed by atoms with Gasteiger partial charge < -0.3 is 19.9 Å². The third-order valence-corrected chi connectivity index (χ3v) is 6.67. The predicted molar refractivity (Wildman–Crippen MR) is 125 cm³/mol. The highest BCUT2D eigenvalue weighted by Crippen LogP contribution is 2.23. The largest absolute Gasteiger partial charge is 0.484 e. The zero-order chi connectivity index (χ0) is 22.4. The quantitative estimate of drug-likeness (QED) is 0.671. The summed E-state index contributed by atoms with van der Waals surface area (Å²) in [5.41, 5.74) is 1.76. The molecule has 1 aromatic heterocycles. The SMILES string of the molecule is CC1CCCC(C)N1C(=O)COc1ccc(C(=O)NCC(c2ccsc2)N(C)C)cc1. The Morgan fingerprint density at radius 2 is 1.84 bits per heavy atom. The molecule has 2 heterocycles.